The predicted octanol–water partition coefficient (Wildman–Crippen LogP) is 1.57. The van der Waals surface area contributed by atoms with Crippen LogP contribution in [0.3, 0.4) is 0 Å². The maximum atomic E-state index is 14.9. The van der Waals surface area contributed by atoms with Crippen molar-refractivity contribution in [3.8, 4) is 114 Å². The first-order valence-electron chi connectivity index (χ1n) is 18.7. The highest BCUT2D eigenvalue weighted by Gasteiger charge is 2.54. The number of phenols is 14. The van der Waals surface area contributed by atoms with Gasteiger partial charge in [-0.3, -0.25) is 0 Å². The highest BCUT2D eigenvalue weighted by Crippen LogP contribution is 2.59. The summed E-state index contributed by atoms with van der Waals surface area (Å²) in [5.74, 6) is -31.8. The normalized spacial score (nSPS) is 19.9. The van der Waals surface area contributed by atoms with E-state index in [9.17, 15) is 106 Å². The van der Waals surface area contributed by atoms with Crippen LogP contribution in [0.5, 0.6) is 92.0 Å². The third kappa shape index (κ3) is 6.80. The molecule has 5 aromatic rings. The summed E-state index contributed by atoms with van der Waals surface area (Å²) >= 11 is 0. The number of aliphatic hydroxyl groups is 1. The number of aromatic carboxylic acids is 1. The summed E-state index contributed by atoms with van der Waals surface area (Å²) in [6.45, 7) is -1.25. The number of esters is 4. The minimum Gasteiger partial charge on any atom is -0.504 e. The molecule has 5 atom stereocenters. The number of aliphatic hydroxyl groups excluding tert-OH is 1. The minimum atomic E-state index is -2.56. The Bertz CT molecular complexity index is 3100. The molecule has 3 aliphatic heterocycles. The summed E-state index contributed by atoms with van der Waals surface area (Å²) in [7, 11) is 0. The quantitative estimate of drug-likeness (QED) is 0.0693. The van der Waals surface area contributed by atoms with Crippen molar-refractivity contribution < 1.29 is 134 Å². The first-order valence-corrected chi connectivity index (χ1v) is 18.7. The summed E-state index contributed by atoms with van der Waals surface area (Å²) in [6, 6.07) is 2.23. The van der Waals surface area contributed by atoms with Crippen LogP contribution in [-0.4, -0.2) is 149 Å². The van der Waals surface area contributed by atoms with Crippen LogP contribution in [0, 0.1) is 0 Å². The second-order valence-corrected chi connectivity index (χ2v) is 14.7. The number of hydrogen-bond donors (Lipinski definition) is 16. The number of hydrogen-bond acceptors (Lipinski definition) is 26. The van der Waals surface area contributed by atoms with Crippen molar-refractivity contribution in [1.82, 2.24) is 0 Å². The molecule has 1 saturated heterocycles. The lowest BCUT2D eigenvalue weighted by Gasteiger charge is -2.43. The summed E-state index contributed by atoms with van der Waals surface area (Å²) in [5.41, 5.74) is -10.3. The Morgan fingerprint density at radius 3 is 1.43 bits per heavy atom. The lowest BCUT2D eigenvalue weighted by atomic mass is 9.90. The number of ether oxygens (including phenoxy) is 6. The monoisotopic (exact) mass is 952 g/mol. The number of fused-ring (bicyclic) bond motifs is 9. The first-order chi connectivity index (χ1) is 31.9. The molecule has 3 aliphatic rings. The van der Waals surface area contributed by atoms with Gasteiger partial charge in [-0.25, -0.2) is 24.0 Å². The van der Waals surface area contributed by atoms with E-state index in [1.165, 1.54) is 0 Å². The molecule has 0 unspecified atom stereocenters. The molecule has 0 saturated carbocycles. The van der Waals surface area contributed by atoms with Gasteiger partial charge in [0.15, 0.2) is 82.1 Å². The van der Waals surface area contributed by atoms with Gasteiger partial charge in [0, 0.05) is 16.7 Å². The van der Waals surface area contributed by atoms with Crippen LogP contribution < -0.4 is 4.74 Å². The number of carboxylic acid groups (broad SMARTS) is 1. The van der Waals surface area contributed by atoms with Crippen molar-refractivity contribution in [2.24, 2.45) is 0 Å². The van der Waals surface area contributed by atoms with Gasteiger partial charge in [0.1, 0.15) is 18.3 Å². The summed E-state index contributed by atoms with van der Waals surface area (Å²) in [4.78, 5) is 69.0. The van der Waals surface area contributed by atoms with E-state index in [1.807, 2.05) is 0 Å². The molecule has 0 radical (unpaired) electrons. The predicted molar refractivity (Wildman–Crippen MR) is 209 cm³/mol. The molecule has 0 amide bonds. The largest absolute Gasteiger partial charge is 0.504 e. The lowest BCUT2D eigenvalue weighted by Crippen LogP contribution is -2.62. The average molecular weight is 953 g/mol. The number of benzene rings is 5. The molecule has 0 aromatic heterocycles. The van der Waals surface area contributed by atoms with Gasteiger partial charge in [0.05, 0.1) is 27.8 Å². The van der Waals surface area contributed by atoms with E-state index in [-0.39, 0.29) is 0 Å². The van der Waals surface area contributed by atoms with Crippen molar-refractivity contribution in [2.45, 2.75) is 30.7 Å². The minimum absolute atomic E-state index is 0.393. The van der Waals surface area contributed by atoms with Crippen molar-refractivity contribution in [1.29, 1.82) is 0 Å². The molecule has 68 heavy (non-hydrogen) atoms. The van der Waals surface area contributed by atoms with Crippen LogP contribution >= 0.6 is 0 Å². The Morgan fingerprint density at radius 2 is 0.912 bits per heavy atom. The van der Waals surface area contributed by atoms with E-state index in [0.29, 0.717) is 30.3 Å². The van der Waals surface area contributed by atoms with E-state index in [0.717, 1.165) is 0 Å². The fourth-order valence-corrected chi connectivity index (χ4v) is 7.53. The molecule has 3 heterocycles. The van der Waals surface area contributed by atoms with E-state index in [4.69, 9.17) is 28.4 Å². The van der Waals surface area contributed by atoms with E-state index >= 15 is 0 Å². The fourth-order valence-electron chi connectivity index (χ4n) is 7.53. The van der Waals surface area contributed by atoms with Crippen molar-refractivity contribution >= 4 is 29.8 Å². The Balaban J connectivity index is 1.39. The SMILES string of the molecule is O=C(O)c1cc(O)c(O)c(Oc2c(O)c(O)c(O)c3c2C(=O)O[C@H]2[C@@H]4OC(=O)c5cc(O)c(O)c(O)c5-c5c(cc(O)c(O)c5O)C(=O)O[C@H]4[C@H](O)O[C@@H]2COC(=O)c2cc(O)c(O)c(O)c2-3)c1. The van der Waals surface area contributed by atoms with Gasteiger partial charge in [-0.2, -0.15) is 0 Å². The average Bonchev–Trinajstić information content (AvgIpc) is 3.30. The summed E-state index contributed by atoms with van der Waals surface area (Å²) in [5, 5.41) is 172. The topological polar surface area (TPSA) is 464 Å². The standard InChI is InChI=1S/C41H28O27/c42-11-1-7(36(56)57)2-15(22(11)46)64-33-21-20(29(53)30(54)31(33)55)19-8(3-12(43)25(49)28(19)52)37(58)63-6-16-32(66-40(21)61)34-35(41(62)65-16)68-39(60)10-5-14(45)24(48)27(51)18(10)17-9(38(59)67-34)4-13(44)23(47)26(17)50/h1-5,16,32,34-35,41-55,62H,6H2,(H,56,57)/t16-,32-,34+,35-,41-/m1/s1. The van der Waals surface area contributed by atoms with Gasteiger partial charge in [0.2, 0.25) is 34.5 Å². The Kier molecular flexibility index (Phi) is 10.5. The van der Waals surface area contributed by atoms with Crippen molar-refractivity contribution in [3.63, 3.8) is 0 Å². The molecule has 8 rings (SSSR count). The molecule has 27 nitrogen and oxygen atoms in total. The third-order valence-corrected chi connectivity index (χ3v) is 10.7. The Labute approximate surface area is 373 Å². The number of carboxylic acids is 1. The highest BCUT2D eigenvalue weighted by molar-refractivity contribution is 6.11. The van der Waals surface area contributed by atoms with Gasteiger partial charge in [-0.1, -0.05) is 0 Å². The number of cyclic esters (lactones) is 1. The summed E-state index contributed by atoms with van der Waals surface area (Å²) < 4.78 is 32.9. The molecule has 354 valence electrons. The molecule has 16 N–H and O–H groups in total. The van der Waals surface area contributed by atoms with Crippen LogP contribution in [0.1, 0.15) is 51.8 Å². The van der Waals surface area contributed by atoms with E-state index in [1.54, 1.807) is 0 Å². The Hall–Kier alpha value is -9.63. The zero-order valence-corrected chi connectivity index (χ0v) is 33.1. The van der Waals surface area contributed by atoms with Crippen LogP contribution in [0.15, 0.2) is 30.3 Å². The lowest BCUT2D eigenvalue weighted by molar-refractivity contribution is -0.284. The van der Waals surface area contributed by atoms with Gasteiger partial charge >= 0.3 is 29.8 Å². The van der Waals surface area contributed by atoms with Gasteiger partial charge < -0.3 is 110 Å². The Morgan fingerprint density at radius 1 is 0.471 bits per heavy atom. The van der Waals surface area contributed by atoms with Crippen LogP contribution in [-0.2, 0) is 23.7 Å². The fraction of sp³-hybridized carbons (Fsp3) is 0.146. The molecule has 27 heteroatoms. The molecular weight excluding hydrogens is 924 g/mol. The van der Waals surface area contributed by atoms with E-state index in [2.05, 4.69) is 0 Å². The highest BCUT2D eigenvalue weighted by atomic mass is 16.7. The first kappa shape index (κ1) is 45.0. The summed E-state index contributed by atoms with van der Waals surface area (Å²) in [6.07, 6.45) is -12.2. The third-order valence-electron chi connectivity index (χ3n) is 10.7. The van der Waals surface area contributed by atoms with Gasteiger partial charge in [-0.15, -0.1) is 0 Å². The molecule has 5 aromatic carbocycles. The second kappa shape index (κ2) is 15.8. The zero-order valence-electron chi connectivity index (χ0n) is 33.1. The van der Waals surface area contributed by atoms with Crippen LogP contribution in [0.2, 0.25) is 0 Å². The molecule has 0 aliphatic carbocycles. The number of aromatic hydroxyl groups is 14. The zero-order chi connectivity index (χ0) is 49.7. The molecule has 0 spiro atoms. The number of rotatable bonds is 3. The smallest absolute Gasteiger partial charge is 0.343 e. The molecule has 0 bridgehead atoms. The number of phenolic OH excluding ortho intramolecular Hbond substituents is 14. The number of carbonyl (C=O) groups excluding carboxylic acids is 4. The van der Waals surface area contributed by atoms with Crippen molar-refractivity contribution in [2.75, 3.05) is 6.61 Å². The maximum absolute atomic E-state index is 14.9. The van der Waals surface area contributed by atoms with Crippen LogP contribution in [0.25, 0.3) is 22.3 Å². The second-order valence-electron chi connectivity index (χ2n) is 14.7. The van der Waals surface area contributed by atoms with Gasteiger partial charge in [-0.05, 0) is 30.3 Å². The maximum Gasteiger partial charge on any atom is 0.343 e. The van der Waals surface area contributed by atoms with Gasteiger partial charge in [0.25, 0.3) is 0 Å². The van der Waals surface area contributed by atoms with Crippen molar-refractivity contribution in [3.05, 3.63) is 58.1 Å². The number of carbonyl (C=O) groups is 5. The van der Waals surface area contributed by atoms with Crippen LogP contribution in [0.4, 0.5) is 0 Å². The molecular formula is C41H28O27. The van der Waals surface area contributed by atoms with E-state index < -0.39 is 209 Å². The molecule has 1 fully saturated rings.